The Morgan fingerprint density at radius 1 is 1.20 bits per heavy atom. The van der Waals surface area contributed by atoms with E-state index in [1.165, 1.54) is 6.07 Å². The molecular weight excluding hydrogens is 264 g/mol. The van der Waals surface area contributed by atoms with Crippen molar-refractivity contribution >= 4 is 11.4 Å². The Morgan fingerprint density at radius 3 is 2.65 bits per heavy atom. The minimum atomic E-state index is -0.498. The number of methoxy groups -OCH3 is 1. The average molecular weight is 284 g/mol. The smallest absolute Gasteiger partial charge is 0.292 e. The van der Waals surface area contributed by atoms with Gasteiger partial charge in [0.25, 0.3) is 5.69 Å². The Balaban J connectivity index is 2.25. The lowest BCUT2D eigenvalue weighted by Gasteiger charge is -2.07. The van der Waals surface area contributed by atoms with Crippen LogP contribution in [0.15, 0.2) is 18.2 Å². The first-order chi connectivity index (χ1) is 9.66. The van der Waals surface area contributed by atoms with Gasteiger partial charge >= 0.3 is 0 Å². The number of nitrogens with two attached hydrogens (primary N) is 1. The molecule has 0 amide bonds. The molecule has 1 rings (SSSR count). The van der Waals surface area contributed by atoms with Gasteiger partial charge < -0.3 is 19.9 Å². The number of anilines is 1. The topological polar surface area (TPSA) is 96.8 Å². The summed E-state index contributed by atoms with van der Waals surface area (Å²) in [4.78, 5) is 10.2. The second-order valence-electron chi connectivity index (χ2n) is 4.12. The molecular formula is C13H20N2O5. The summed E-state index contributed by atoms with van der Waals surface area (Å²) < 4.78 is 15.6. The minimum Gasteiger partial charge on any atom is -0.393 e. The maximum Gasteiger partial charge on any atom is 0.292 e. The van der Waals surface area contributed by atoms with Gasteiger partial charge in [-0.15, -0.1) is 0 Å². The van der Waals surface area contributed by atoms with Crippen molar-refractivity contribution in [1.82, 2.24) is 0 Å². The summed E-state index contributed by atoms with van der Waals surface area (Å²) in [7, 11) is 1.62. The average Bonchev–Trinajstić information content (AvgIpc) is 2.43. The second kappa shape index (κ2) is 9.24. The van der Waals surface area contributed by atoms with Crippen molar-refractivity contribution in [1.29, 1.82) is 0 Å². The second-order valence-corrected chi connectivity index (χ2v) is 4.12. The highest BCUT2D eigenvalue weighted by Gasteiger charge is 2.13. The van der Waals surface area contributed by atoms with Gasteiger partial charge in [-0.3, -0.25) is 10.1 Å². The molecule has 0 unspecified atom stereocenters. The van der Waals surface area contributed by atoms with Crippen molar-refractivity contribution in [2.24, 2.45) is 0 Å². The number of rotatable bonds is 10. The number of nitrogen functional groups attached to an aromatic ring is 1. The summed E-state index contributed by atoms with van der Waals surface area (Å²) in [6.07, 6.45) is 0.749. The highest BCUT2D eigenvalue weighted by molar-refractivity contribution is 5.62. The lowest BCUT2D eigenvalue weighted by atomic mass is 10.1. The van der Waals surface area contributed by atoms with Crippen molar-refractivity contribution in [2.45, 2.75) is 13.0 Å². The molecule has 0 bridgehead atoms. The van der Waals surface area contributed by atoms with Gasteiger partial charge in [0.1, 0.15) is 5.69 Å². The Hall–Kier alpha value is -1.70. The molecule has 0 spiro atoms. The number of nitrogens with zero attached hydrogens (tertiary/aromatic N) is 1. The zero-order valence-corrected chi connectivity index (χ0v) is 11.5. The molecule has 0 aliphatic rings. The van der Waals surface area contributed by atoms with Crippen LogP contribution >= 0.6 is 0 Å². The zero-order valence-electron chi connectivity index (χ0n) is 11.5. The monoisotopic (exact) mass is 284 g/mol. The zero-order chi connectivity index (χ0) is 14.8. The number of ether oxygens (including phenoxy) is 3. The molecule has 1 aromatic carbocycles. The predicted octanol–water partition coefficient (Wildman–Crippen LogP) is 1.75. The first kappa shape index (κ1) is 16.4. The molecule has 20 heavy (non-hydrogen) atoms. The van der Waals surface area contributed by atoms with Crippen LogP contribution in [-0.2, 0) is 20.8 Å². The van der Waals surface area contributed by atoms with Crippen LogP contribution in [0.4, 0.5) is 11.4 Å². The molecule has 112 valence electrons. The molecule has 7 nitrogen and oxygen atoms in total. The van der Waals surface area contributed by atoms with Crippen molar-refractivity contribution in [2.75, 3.05) is 39.3 Å². The number of hydrogen-bond acceptors (Lipinski definition) is 6. The van der Waals surface area contributed by atoms with Crippen LogP contribution in [0.2, 0.25) is 0 Å². The molecule has 0 heterocycles. The molecule has 0 saturated carbocycles. The number of nitro groups is 1. The summed E-state index contributed by atoms with van der Waals surface area (Å²) in [6.45, 7) is 2.49. The number of nitro benzene ring substituents is 1. The fourth-order valence-electron chi connectivity index (χ4n) is 1.57. The van der Waals surface area contributed by atoms with E-state index in [1.54, 1.807) is 19.2 Å². The van der Waals surface area contributed by atoms with Crippen LogP contribution in [0.5, 0.6) is 0 Å². The van der Waals surface area contributed by atoms with Crippen molar-refractivity contribution in [3.63, 3.8) is 0 Å². The summed E-state index contributed by atoms with van der Waals surface area (Å²) in [5.41, 5.74) is 6.42. The Kier molecular flexibility index (Phi) is 7.56. The van der Waals surface area contributed by atoms with Crippen LogP contribution in [0.1, 0.15) is 12.0 Å². The molecule has 0 aromatic heterocycles. The molecule has 0 fully saturated rings. The molecule has 0 aliphatic carbocycles. The molecule has 0 radical (unpaired) electrons. The van der Waals surface area contributed by atoms with Gasteiger partial charge in [0.15, 0.2) is 0 Å². The third-order valence-electron chi connectivity index (χ3n) is 2.64. The standard InChI is InChI=1S/C13H20N2O5/c1-18-8-9-19-6-3-7-20-10-11-4-2-5-12(13(11)14)15(16)17/h2,4-5H,3,6-10,14H2,1H3. The van der Waals surface area contributed by atoms with E-state index in [9.17, 15) is 10.1 Å². The maximum atomic E-state index is 10.7. The Bertz CT molecular complexity index is 425. The highest BCUT2D eigenvalue weighted by Crippen LogP contribution is 2.25. The third kappa shape index (κ3) is 5.52. The van der Waals surface area contributed by atoms with Crippen LogP contribution in [-0.4, -0.2) is 38.5 Å². The Morgan fingerprint density at radius 2 is 1.95 bits per heavy atom. The summed E-state index contributed by atoms with van der Waals surface area (Å²) in [5.74, 6) is 0. The van der Waals surface area contributed by atoms with Crippen LogP contribution < -0.4 is 5.73 Å². The minimum absolute atomic E-state index is 0.0889. The normalized spacial score (nSPS) is 10.7. The van der Waals surface area contributed by atoms with Crippen molar-refractivity contribution in [3.8, 4) is 0 Å². The lowest BCUT2D eigenvalue weighted by Crippen LogP contribution is -2.06. The van der Waals surface area contributed by atoms with E-state index in [-0.39, 0.29) is 18.0 Å². The SMILES string of the molecule is COCCOCCCOCc1cccc([N+](=O)[O-])c1N. The van der Waals surface area contributed by atoms with E-state index in [0.29, 0.717) is 32.0 Å². The highest BCUT2D eigenvalue weighted by atomic mass is 16.6. The fraction of sp³-hybridized carbons (Fsp3) is 0.538. The van der Waals surface area contributed by atoms with Gasteiger partial charge in [-0.2, -0.15) is 0 Å². The third-order valence-corrected chi connectivity index (χ3v) is 2.64. The van der Waals surface area contributed by atoms with Gasteiger partial charge in [0, 0.05) is 32.0 Å². The van der Waals surface area contributed by atoms with E-state index >= 15 is 0 Å². The first-order valence-corrected chi connectivity index (χ1v) is 6.33. The van der Waals surface area contributed by atoms with Gasteiger partial charge in [-0.05, 0) is 6.42 Å². The van der Waals surface area contributed by atoms with Gasteiger partial charge in [-0.1, -0.05) is 12.1 Å². The summed E-state index contributed by atoms with van der Waals surface area (Å²) >= 11 is 0. The van der Waals surface area contributed by atoms with E-state index in [2.05, 4.69) is 0 Å². The largest absolute Gasteiger partial charge is 0.393 e. The van der Waals surface area contributed by atoms with E-state index in [1.807, 2.05) is 0 Å². The molecule has 1 aromatic rings. The van der Waals surface area contributed by atoms with E-state index in [0.717, 1.165) is 6.42 Å². The first-order valence-electron chi connectivity index (χ1n) is 6.33. The molecule has 0 saturated heterocycles. The fourth-order valence-corrected chi connectivity index (χ4v) is 1.57. The number of para-hydroxylation sites is 1. The van der Waals surface area contributed by atoms with Gasteiger partial charge in [0.2, 0.25) is 0 Å². The van der Waals surface area contributed by atoms with Crippen molar-refractivity contribution in [3.05, 3.63) is 33.9 Å². The quantitative estimate of drug-likeness (QED) is 0.304. The molecule has 2 N–H and O–H groups in total. The lowest BCUT2D eigenvalue weighted by molar-refractivity contribution is -0.384. The molecule has 0 atom stereocenters. The number of hydrogen-bond donors (Lipinski definition) is 1. The van der Waals surface area contributed by atoms with E-state index in [4.69, 9.17) is 19.9 Å². The summed E-state index contributed by atoms with van der Waals surface area (Å²) in [5, 5.41) is 10.7. The predicted molar refractivity (Wildman–Crippen MR) is 74.5 cm³/mol. The van der Waals surface area contributed by atoms with Crippen molar-refractivity contribution < 1.29 is 19.1 Å². The summed E-state index contributed by atoms with van der Waals surface area (Å²) in [6, 6.07) is 4.70. The van der Waals surface area contributed by atoms with Crippen LogP contribution in [0.3, 0.4) is 0 Å². The molecule has 0 aliphatic heterocycles. The van der Waals surface area contributed by atoms with Crippen LogP contribution in [0, 0.1) is 10.1 Å². The Labute approximate surface area is 117 Å². The molecule has 7 heteroatoms. The van der Waals surface area contributed by atoms with E-state index < -0.39 is 4.92 Å². The number of benzene rings is 1. The van der Waals surface area contributed by atoms with Crippen LogP contribution in [0.25, 0.3) is 0 Å². The van der Waals surface area contributed by atoms with Gasteiger partial charge in [0.05, 0.1) is 24.7 Å². The maximum absolute atomic E-state index is 10.7. The van der Waals surface area contributed by atoms with Gasteiger partial charge in [-0.25, -0.2) is 0 Å².